The Morgan fingerprint density at radius 3 is 2.81 bits per heavy atom. The SMILES string of the molecule is CCn1ccc(CNC(C)C2CCCC2)c1. The number of hydrogen-bond acceptors (Lipinski definition) is 1. The van der Waals surface area contributed by atoms with Crippen molar-refractivity contribution < 1.29 is 0 Å². The third-order valence-electron chi connectivity index (χ3n) is 3.91. The summed E-state index contributed by atoms with van der Waals surface area (Å²) in [5, 5.41) is 3.66. The lowest BCUT2D eigenvalue weighted by atomic mass is 10.00. The van der Waals surface area contributed by atoms with Crippen molar-refractivity contribution >= 4 is 0 Å². The molecular formula is C14H24N2. The third-order valence-corrected chi connectivity index (χ3v) is 3.91. The molecule has 1 heterocycles. The first-order chi connectivity index (χ1) is 7.79. The summed E-state index contributed by atoms with van der Waals surface area (Å²) in [5.41, 5.74) is 1.41. The highest BCUT2D eigenvalue weighted by Crippen LogP contribution is 2.27. The van der Waals surface area contributed by atoms with Crippen LogP contribution in [0.2, 0.25) is 0 Å². The van der Waals surface area contributed by atoms with Crippen molar-refractivity contribution in [2.45, 2.75) is 58.7 Å². The Labute approximate surface area is 99.0 Å². The van der Waals surface area contributed by atoms with Crippen LogP contribution in [0, 0.1) is 5.92 Å². The first-order valence-corrected chi connectivity index (χ1v) is 6.67. The third kappa shape index (κ3) is 2.88. The van der Waals surface area contributed by atoms with Crippen molar-refractivity contribution in [3.63, 3.8) is 0 Å². The lowest BCUT2D eigenvalue weighted by Crippen LogP contribution is -2.31. The summed E-state index contributed by atoms with van der Waals surface area (Å²) in [4.78, 5) is 0. The smallest absolute Gasteiger partial charge is 0.0223 e. The van der Waals surface area contributed by atoms with Crippen molar-refractivity contribution in [1.82, 2.24) is 9.88 Å². The zero-order valence-corrected chi connectivity index (χ0v) is 10.6. The summed E-state index contributed by atoms with van der Waals surface area (Å²) in [6.07, 6.45) is 10.1. The van der Waals surface area contributed by atoms with Crippen LogP contribution in [0.4, 0.5) is 0 Å². The van der Waals surface area contributed by atoms with Crippen LogP contribution in [-0.2, 0) is 13.1 Å². The molecule has 1 aromatic heterocycles. The van der Waals surface area contributed by atoms with E-state index in [9.17, 15) is 0 Å². The summed E-state index contributed by atoms with van der Waals surface area (Å²) in [5.74, 6) is 0.910. The fourth-order valence-electron chi connectivity index (χ4n) is 2.69. The zero-order valence-electron chi connectivity index (χ0n) is 10.6. The van der Waals surface area contributed by atoms with Crippen molar-refractivity contribution in [3.05, 3.63) is 24.0 Å². The molecule has 1 aromatic rings. The zero-order chi connectivity index (χ0) is 11.4. The van der Waals surface area contributed by atoms with Crippen LogP contribution >= 0.6 is 0 Å². The van der Waals surface area contributed by atoms with E-state index < -0.39 is 0 Å². The Balaban J connectivity index is 1.77. The van der Waals surface area contributed by atoms with E-state index in [4.69, 9.17) is 0 Å². The molecule has 0 saturated heterocycles. The van der Waals surface area contributed by atoms with Gasteiger partial charge in [-0.1, -0.05) is 12.8 Å². The molecule has 0 aliphatic heterocycles. The largest absolute Gasteiger partial charge is 0.354 e. The van der Waals surface area contributed by atoms with E-state index in [1.54, 1.807) is 0 Å². The van der Waals surface area contributed by atoms with Gasteiger partial charge in [-0.3, -0.25) is 0 Å². The Kier molecular flexibility index (Phi) is 4.05. The van der Waals surface area contributed by atoms with E-state index in [2.05, 4.69) is 42.2 Å². The van der Waals surface area contributed by atoms with Gasteiger partial charge in [-0.25, -0.2) is 0 Å². The number of rotatable bonds is 5. The van der Waals surface area contributed by atoms with Gasteiger partial charge < -0.3 is 9.88 Å². The van der Waals surface area contributed by atoms with Crippen molar-refractivity contribution in [2.75, 3.05) is 0 Å². The van der Waals surface area contributed by atoms with Crippen LogP contribution in [0.25, 0.3) is 0 Å². The fraction of sp³-hybridized carbons (Fsp3) is 0.714. The fourth-order valence-corrected chi connectivity index (χ4v) is 2.69. The van der Waals surface area contributed by atoms with Gasteiger partial charge in [-0.05, 0) is 44.2 Å². The number of hydrogen-bond donors (Lipinski definition) is 1. The van der Waals surface area contributed by atoms with Crippen LogP contribution in [0.15, 0.2) is 18.5 Å². The molecule has 2 heteroatoms. The van der Waals surface area contributed by atoms with Gasteiger partial charge >= 0.3 is 0 Å². The first kappa shape index (κ1) is 11.7. The molecule has 0 spiro atoms. The highest BCUT2D eigenvalue weighted by Gasteiger charge is 2.20. The molecule has 1 aliphatic rings. The number of nitrogens with zero attached hydrogens (tertiary/aromatic N) is 1. The molecule has 0 aromatic carbocycles. The van der Waals surface area contributed by atoms with Crippen LogP contribution in [0.5, 0.6) is 0 Å². The van der Waals surface area contributed by atoms with Crippen LogP contribution in [-0.4, -0.2) is 10.6 Å². The second kappa shape index (κ2) is 5.53. The molecule has 0 radical (unpaired) electrons. The molecule has 1 fully saturated rings. The second-order valence-corrected chi connectivity index (χ2v) is 5.06. The maximum absolute atomic E-state index is 3.66. The van der Waals surface area contributed by atoms with Crippen LogP contribution < -0.4 is 5.32 Å². The second-order valence-electron chi connectivity index (χ2n) is 5.06. The lowest BCUT2D eigenvalue weighted by Gasteiger charge is -2.20. The first-order valence-electron chi connectivity index (χ1n) is 6.67. The predicted molar refractivity (Wildman–Crippen MR) is 68.4 cm³/mol. The standard InChI is InChI=1S/C14H24N2/c1-3-16-9-8-13(11-16)10-15-12(2)14-6-4-5-7-14/h8-9,11-12,14-15H,3-7,10H2,1-2H3. The normalized spacial score (nSPS) is 19.1. The highest BCUT2D eigenvalue weighted by atomic mass is 14.9. The van der Waals surface area contributed by atoms with E-state index in [-0.39, 0.29) is 0 Å². The van der Waals surface area contributed by atoms with Crippen molar-refractivity contribution in [2.24, 2.45) is 5.92 Å². The van der Waals surface area contributed by atoms with Gasteiger partial charge in [0.05, 0.1) is 0 Å². The monoisotopic (exact) mass is 220 g/mol. The van der Waals surface area contributed by atoms with E-state index >= 15 is 0 Å². The Bertz CT molecular complexity index is 310. The van der Waals surface area contributed by atoms with E-state index in [1.165, 1.54) is 31.2 Å². The molecular weight excluding hydrogens is 196 g/mol. The molecule has 1 aliphatic carbocycles. The minimum absolute atomic E-state index is 0.674. The summed E-state index contributed by atoms with van der Waals surface area (Å²) in [6, 6.07) is 2.89. The lowest BCUT2D eigenvalue weighted by molar-refractivity contribution is 0.380. The number of nitrogens with one attached hydrogen (secondary N) is 1. The topological polar surface area (TPSA) is 17.0 Å². The minimum Gasteiger partial charge on any atom is -0.354 e. The van der Waals surface area contributed by atoms with Crippen molar-refractivity contribution in [3.8, 4) is 0 Å². The number of aryl methyl sites for hydroxylation is 1. The van der Waals surface area contributed by atoms with Gasteiger partial charge in [-0.15, -0.1) is 0 Å². The van der Waals surface area contributed by atoms with Gasteiger partial charge in [0.1, 0.15) is 0 Å². The Morgan fingerprint density at radius 1 is 1.44 bits per heavy atom. The molecule has 1 unspecified atom stereocenters. The molecule has 0 bridgehead atoms. The molecule has 1 atom stereocenters. The Morgan fingerprint density at radius 2 is 2.19 bits per heavy atom. The molecule has 90 valence electrons. The quantitative estimate of drug-likeness (QED) is 0.806. The summed E-state index contributed by atoms with van der Waals surface area (Å²) in [7, 11) is 0. The summed E-state index contributed by atoms with van der Waals surface area (Å²) < 4.78 is 2.23. The minimum atomic E-state index is 0.674. The number of aromatic nitrogens is 1. The van der Waals surface area contributed by atoms with Gasteiger partial charge in [0.2, 0.25) is 0 Å². The maximum Gasteiger partial charge on any atom is 0.0223 e. The van der Waals surface area contributed by atoms with Gasteiger partial charge in [0.25, 0.3) is 0 Å². The molecule has 2 rings (SSSR count). The summed E-state index contributed by atoms with van der Waals surface area (Å²) >= 11 is 0. The average Bonchev–Trinajstić information content (AvgIpc) is 2.96. The molecule has 0 amide bonds. The van der Waals surface area contributed by atoms with E-state index in [0.717, 1.165) is 19.0 Å². The van der Waals surface area contributed by atoms with Gasteiger partial charge in [0.15, 0.2) is 0 Å². The molecule has 1 saturated carbocycles. The van der Waals surface area contributed by atoms with Crippen molar-refractivity contribution in [1.29, 1.82) is 0 Å². The molecule has 16 heavy (non-hydrogen) atoms. The average molecular weight is 220 g/mol. The molecule has 2 nitrogen and oxygen atoms in total. The highest BCUT2D eigenvalue weighted by molar-refractivity contribution is 5.10. The predicted octanol–water partition coefficient (Wildman–Crippen LogP) is 3.18. The van der Waals surface area contributed by atoms with E-state index in [0.29, 0.717) is 6.04 Å². The van der Waals surface area contributed by atoms with Gasteiger partial charge in [-0.2, -0.15) is 0 Å². The van der Waals surface area contributed by atoms with E-state index in [1.807, 2.05) is 0 Å². The Hall–Kier alpha value is -0.760. The van der Waals surface area contributed by atoms with Gasteiger partial charge in [0, 0.05) is 31.5 Å². The maximum atomic E-state index is 3.66. The molecule has 1 N–H and O–H groups in total. The van der Waals surface area contributed by atoms with Crippen LogP contribution in [0.1, 0.15) is 45.1 Å². The summed E-state index contributed by atoms with van der Waals surface area (Å²) in [6.45, 7) is 6.61. The van der Waals surface area contributed by atoms with Crippen LogP contribution in [0.3, 0.4) is 0 Å².